The first-order chi connectivity index (χ1) is 12.7. The number of oxime groups is 1. The molecule has 0 saturated heterocycles. The van der Waals surface area contributed by atoms with E-state index in [9.17, 15) is 15.0 Å². The molecule has 4 aliphatic carbocycles. The van der Waals surface area contributed by atoms with Crippen LogP contribution in [0.5, 0.6) is 0 Å². The van der Waals surface area contributed by atoms with Crippen LogP contribution in [0, 0.1) is 28.6 Å². The fraction of sp³-hybridized carbons (Fsp3) is 0.818. The SMILES string of the molecule is C[C@]12CC/C(=N/OCC(=O)[O-])C=C1CC[C@H]1[C@H]3CC[C@](C)(O)[C@]3(C)CC[C@@H]12. The predicted octanol–water partition coefficient (Wildman–Crippen LogP) is 2.82. The second-order valence-corrected chi connectivity index (χ2v) is 10.00. The number of fused-ring (bicyclic) bond motifs is 5. The number of carboxylic acids is 1. The molecule has 0 amide bonds. The molecule has 4 aliphatic rings. The van der Waals surface area contributed by atoms with E-state index in [1.165, 1.54) is 18.4 Å². The summed E-state index contributed by atoms with van der Waals surface area (Å²) >= 11 is 0. The molecule has 0 heterocycles. The first-order valence-electron chi connectivity index (χ1n) is 10.5. The molecule has 0 bridgehead atoms. The van der Waals surface area contributed by atoms with Crippen LogP contribution in [0.4, 0.5) is 0 Å². The molecule has 1 N–H and O–H groups in total. The lowest BCUT2D eigenvalue weighted by molar-refractivity contribution is -0.309. The third kappa shape index (κ3) is 2.84. The lowest BCUT2D eigenvalue weighted by Gasteiger charge is -2.59. The van der Waals surface area contributed by atoms with Crippen molar-refractivity contribution in [2.24, 2.45) is 33.7 Å². The van der Waals surface area contributed by atoms with E-state index in [0.717, 1.165) is 44.2 Å². The molecule has 5 nitrogen and oxygen atoms in total. The molecule has 0 radical (unpaired) electrons. The summed E-state index contributed by atoms with van der Waals surface area (Å²) in [5, 5.41) is 25.5. The normalized spacial score (nSPS) is 47.6. The molecular weight excluding hydrogens is 342 g/mol. The Morgan fingerprint density at radius 1 is 1.19 bits per heavy atom. The zero-order valence-corrected chi connectivity index (χ0v) is 16.8. The maximum atomic E-state index is 11.0. The van der Waals surface area contributed by atoms with Crippen molar-refractivity contribution in [3.8, 4) is 0 Å². The maximum Gasteiger partial charge on any atom is 0.156 e. The number of carboxylic acid groups (broad SMARTS) is 1. The largest absolute Gasteiger partial charge is 0.546 e. The number of hydrogen-bond acceptors (Lipinski definition) is 5. The number of carbonyl (C=O) groups is 1. The minimum Gasteiger partial charge on any atom is -0.546 e. The van der Waals surface area contributed by atoms with Crippen LogP contribution in [0.1, 0.15) is 72.1 Å². The number of aliphatic hydroxyl groups is 1. The highest BCUT2D eigenvalue weighted by molar-refractivity contribution is 5.96. The van der Waals surface area contributed by atoms with Crippen molar-refractivity contribution in [3.05, 3.63) is 11.6 Å². The van der Waals surface area contributed by atoms with Crippen LogP contribution in [-0.4, -0.2) is 29.0 Å². The van der Waals surface area contributed by atoms with Crippen molar-refractivity contribution in [2.45, 2.75) is 77.7 Å². The van der Waals surface area contributed by atoms with E-state index < -0.39 is 18.2 Å². The summed E-state index contributed by atoms with van der Waals surface area (Å²) in [5.41, 5.74) is 2.05. The minimum atomic E-state index is -1.24. The molecule has 0 aromatic heterocycles. The van der Waals surface area contributed by atoms with Gasteiger partial charge in [-0.1, -0.05) is 24.6 Å². The topological polar surface area (TPSA) is 82.0 Å². The molecule has 3 fully saturated rings. The van der Waals surface area contributed by atoms with Gasteiger partial charge in [0.1, 0.15) is 0 Å². The van der Waals surface area contributed by atoms with Crippen LogP contribution >= 0.6 is 0 Å². The van der Waals surface area contributed by atoms with Crippen LogP contribution in [0.2, 0.25) is 0 Å². The number of allylic oxidation sites excluding steroid dienone is 2. The van der Waals surface area contributed by atoms with Gasteiger partial charge in [0, 0.05) is 0 Å². The van der Waals surface area contributed by atoms with Crippen molar-refractivity contribution in [3.63, 3.8) is 0 Å². The molecular formula is C22H32NO4-. The number of nitrogens with zero attached hydrogens (tertiary/aromatic N) is 1. The summed E-state index contributed by atoms with van der Waals surface area (Å²) in [6.07, 6.45) is 10.7. The maximum absolute atomic E-state index is 11.0. The van der Waals surface area contributed by atoms with Gasteiger partial charge in [-0.2, -0.15) is 0 Å². The summed E-state index contributed by atoms with van der Waals surface area (Å²) in [5.74, 6) is 0.764. The van der Waals surface area contributed by atoms with Gasteiger partial charge in [-0.3, -0.25) is 0 Å². The smallest absolute Gasteiger partial charge is 0.156 e. The molecule has 0 unspecified atom stereocenters. The fourth-order valence-corrected chi connectivity index (χ4v) is 7.05. The Kier molecular flexibility index (Phi) is 4.45. The number of carbonyl (C=O) groups excluding carboxylic acids is 1. The number of hydrogen-bond donors (Lipinski definition) is 1. The van der Waals surface area contributed by atoms with Gasteiger partial charge in [-0.05, 0) is 93.0 Å². The Morgan fingerprint density at radius 2 is 1.93 bits per heavy atom. The molecule has 0 spiro atoms. The Hall–Kier alpha value is -1.36. The van der Waals surface area contributed by atoms with E-state index in [0.29, 0.717) is 17.8 Å². The van der Waals surface area contributed by atoms with Crippen molar-refractivity contribution >= 4 is 11.7 Å². The van der Waals surface area contributed by atoms with Crippen molar-refractivity contribution in [2.75, 3.05) is 6.61 Å². The quantitative estimate of drug-likeness (QED) is 0.770. The molecule has 27 heavy (non-hydrogen) atoms. The Bertz CT molecular complexity index is 696. The summed E-state index contributed by atoms with van der Waals surface area (Å²) in [6, 6.07) is 0. The third-order valence-corrected chi connectivity index (χ3v) is 8.90. The number of rotatable bonds is 3. The molecule has 0 aliphatic heterocycles. The molecule has 0 aromatic rings. The van der Waals surface area contributed by atoms with Crippen LogP contribution < -0.4 is 5.11 Å². The van der Waals surface area contributed by atoms with Crippen molar-refractivity contribution in [1.29, 1.82) is 0 Å². The van der Waals surface area contributed by atoms with E-state index >= 15 is 0 Å². The first-order valence-corrected chi connectivity index (χ1v) is 10.5. The van der Waals surface area contributed by atoms with Crippen molar-refractivity contribution < 1.29 is 19.8 Å². The molecule has 3 saturated carbocycles. The third-order valence-electron chi connectivity index (χ3n) is 8.90. The average Bonchev–Trinajstić information content (AvgIpc) is 2.84. The first kappa shape index (κ1) is 19.0. The van der Waals surface area contributed by atoms with Crippen LogP contribution in [0.15, 0.2) is 16.8 Å². The second kappa shape index (κ2) is 6.33. The van der Waals surface area contributed by atoms with Crippen LogP contribution in [0.25, 0.3) is 0 Å². The predicted molar refractivity (Wildman–Crippen MR) is 101 cm³/mol. The van der Waals surface area contributed by atoms with E-state index in [1.54, 1.807) is 0 Å². The van der Waals surface area contributed by atoms with Crippen LogP contribution in [0.3, 0.4) is 0 Å². The van der Waals surface area contributed by atoms with Gasteiger partial charge in [0.15, 0.2) is 6.61 Å². The summed E-state index contributed by atoms with van der Waals surface area (Å²) in [6.45, 7) is 6.31. The average molecular weight is 375 g/mol. The lowest BCUT2D eigenvalue weighted by Crippen LogP contribution is -2.53. The molecule has 4 rings (SSSR count). The van der Waals surface area contributed by atoms with E-state index in [2.05, 4.69) is 32.0 Å². The minimum absolute atomic E-state index is 0.0612. The van der Waals surface area contributed by atoms with E-state index in [-0.39, 0.29) is 10.8 Å². The van der Waals surface area contributed by atoms with Gasteiger partial charge >= 0.3 is 0 Å². The van der Waals surface area contributed by atoms with Gasteiger partial charge in [0.05, 0.1) is 17.3 Å². The van der Waals surface area contributed by atoms with Crippen molar-refractivity contribution in [1.82, 2.24) is 0 Å². The molecule has 150 valence electrons. The highest BCUT2D eigenvalue weighted by Gasteiger charge is 2.62. The lowest BCUT2D eigenvalue weighted by atomic mass is 9.46. The highest BCUT2D eigenvalue weighted by atomic mass is 16.6. The van der Waals surface area contributed by atoms with E-state index in [4.69, 9.17) is 4.84 Å². The fourth-order valence-electron chi connectivity index (χ4n) is 7.05. The van der Waals surface area contributed by atoms with Gasteiger partial charge in [0.25, 0.3) is 0 Å². The standard InChI is InChI=1S/C22H33NO4/c1-20-9-6-15(23-27-13-19(24)25)12-14(20)4-5-16-17(20)7-10-21(2)18(16)8-11-22(21,3)26/h12,16-18,26H,4-11,13H2,1-3H3,(H,24,25)/p-1/b23-15-/t16-,17+,18-,20+,21-,22+/m1/s1. The second-order valence-electron chi connectivity index (χ2n) is 10.00. The summed E-state index contributed by atoms with van der Waals surface area (Å²) in [4.78, 5) is 15.4. The monoisotopic (exact) mass is 374 g/mol. The Morgan fingerprint density at radius 3 is 2.67 bits per heavy atom. The van der Waals surface area contributed by atoms with Gasteiger partial charge in [0.2, 0.25) is 0 Å². The van der Waals surface area contributed by atoms with Gasteiger partial charge < -0.3 is 19.8 Å². The molecule has 6 atom stereocenters. The van der Waals surface area contributed by atoms with Crippen LogP contribution in [-0.2, 0) is 9.63 Å². The Labute approximate surface area is 161 Å². The summed E-state index contributed by atoms with van der Waals surface area (Å²) in [7, 11) is 0. The highest BCUT2D eigenvalue weighted by Crippen LogP contribution is 2.67. The Balaban J connectivity index is 1.56. The van der Waals surface area contributed by atoms with E-state index in [1.807, 2.05) is 0 Å². The molecule has 5 heteroatoms. The number of aliphatic carboxylic acids is 1. The summed E-state index contributed by atoms with van der Waals surface area (Å²) < 4.78 is 0. The van der Waals surface area contributed by atoms with Gasteiger partial charge in [-0.15, -0.1) is 0 Å². The molecule has 0 aromatic carbocycles. The van der Waals surface area contributed by atoms with Gasteiger partial charge in [-0.25, -0.2) is 0 Å². The zero-order valence-electron chi connectivity index (χ0n) is 16.8. The zero-order chi connectivity index (χ0) is 19.4.